The van der Waals surface area contributed by atoms with Crippen LogP contribution in [0.15, 0.2) is 30.5 Å². The van der Waals surface area contributed by atoms with Gasteiger partial charge < -0.3 is 5.73 Å². The molecule has 5 heteroatoms. The van der Waals surface area contributed by atoms with E-state index in [-0.39, 0.29) is 0 Å². The Balaban J connectivity index is 2.06. The molecule has 2 rings (SSSR count). The zero-order valence-corrected chi connectivity index (χ0v) is 11.4. The number of hydrogen-bond donors (Lipinski definition) is 1. The summed E-state index contributed by atoms with van der Waals surface area (Å²) in [5.74, 6) is 1.28. The first-order valence-corrected chi connectivity index (χ1v) is 6.39. The van der Waals surface area contributed by atoms with E-state index in [1.165, 1.54) is 0 Å². The number of anilines is 1. The van der Waals surface area contributed by atoms with Gasteiger partial charge in [0, 0.05) is 24.5 Å². The molecule has 0 aliphatic heterocycles. The number of hydrogen-bond acceptors (Lipinski definition) is 5. The van der Waals surface area contributed by atoms with Crippen LogP contribution >= 0.6 is 0 Å². The topological polar surface area (TPSA) is 67.9 Å². The van der Waals surface area contributed by atoms with Gasteiger partial charge in [-0.25, -0.2) is 9.97 Å². The van der Waals surface area contributed by atoms with Crippen molar-refractivity contribution >= 4 is 5.82 Å². The molecule has 0 aliphatic rings. The van der Waals surface area contributed by atoms with Crippen molar-refractivity contribution < 1.29 is 0 Å². The Morgan fingerprint density at radius 3 is 2.68 bits per heavy atom. The first-order chi connectivity index (χ1) is 9.17. The van der Waals surface area contributed by atoms with Gasteiger partial charge in [0.05, 0.1) is 12.2 Å². The van der Waals surface area contributed by atoms with Crippen molar-refractivity contribution in [3.8, 4) is 0 Å². The molecule has 2 heterocycles. The Hall–Kier alpha value is -2.01. The first-order valence-electron chi connectivity index (χ1n) is 6.39. The van der Waals surface area contributed by atoms with E-state index in [1.807, 2.05) is 31.3 Å². The highest BCUT2D eigenvalue weighted by Crippen LogP contribution is 2.07. The minimum absolute atomic E-state index is 0.524. The Morgan fingerprint density at radius 2 is 2.05 bits per heavy atom. The third-order valence-corrected chi connectivity index (χ3v) is 2.84. The lowest BCUT2D eigenvalue weighted by atomic mass is 10.3. The van der Waals surface area contributed by atoms with Gasteiger partial charge in [-0.15, -0.1) is 0 Å². The Kier molecular flexibility index (Phi) is 4.41. The summed E-state index contributed by atoms with van der Waals surface area (Å²) >= 11 is 0. The molecule has 2 N–H and O–H groups in total. The van der Waals surface area contributed by atoms with Crippen LogP contribution in [0.1, 0.15) is 24.1 Å². The number of rotatable bonds is 5. The summed E-state index contributed by atoms with van der Waals surface area (Å²) in [5, 5.41) is 0. The molecular formula is C14H19N5. The Bertz CT molecular complexity index is 506. The van der Waals surface area contributed by atoms with Crippen molar-refractivity contribution in [2.24, 2.45) is 0 Å². The molecule has 0 spiro atoms. The van der Waals surface area contributed by atoms with Gasteiger partial charge in [-0.2, -0.15) is 0 Å². The molecule has 0 fully saturated rings. The van der Waals surface area contributed by atoms with Gasteiger partial charge in [0.25, 0.3) is 0 Å². The lowest BCUT2D eigenvalue weighted by molar-refractivity contribution is 0.261. The van der Waals surface area contributed by atoms with Gasteiger partial charge in [0.1, 0.15) is 11.6 Å². The van der Waals surface area contributed by atoms with E-state index in [1.54, 1.807) is 6.07 Å². The van der Waals surface area contributed by atoms with Crippen LogP contribution < -0.4 is 5.73 Å². The number of nitrogen functional groups attached to an aromatic ring is 1. The average molecular weight is 257 g/mol. The molecule has 2 aromatic heterocycles. The highest BCUT2D eigenvalue weighted by molar-refractivity contribution is 5.29. The van der Waals surface area contributed by atoms with Crippen molar-refractivity contribution in [1.29, 1.82) is 0 Å². The largest absolute Gasteiger partial charge is 0.384 e. The standard InChI is InChI=1S/C14H19N5/c1-3-19(9-12-6-4-5-7-16-12)10-14-17-11(2)8-13(15)18-14/h4-8H,3,9-10H2,1-2H3,(H2,15,17,18). The molecule has 0 saturated heterocycles. The maximum atomic E-state index is 5.75. The zero-order valence-electron chi connectivity index (χ0n) is 11.4. The molecule has 0 saturated carbocycles. The molecule has 0 radical (unpaired) electrons. The number of pyridine rings is 1. The summed E-state index contributed by atoms with van der Waals surface area (Å²) < 4.78 is 0. The van der Waals surface area contributed by atoms with Crippen LogP contribution in [0.5, 0.6) is 0 Å². The van der Waals surface area contributed by atoms with Gasteiger partial charge in [0.15, 0.2) is 0 Å². The maximum Gasteiger partial charge on any atom is 0.144 e. The number of aromatic nitrogens is 3. The van der Waals surface area contributed by atoms with Gasteiger partial charge in [-0.1, -0.05) is 13.0 Å². The molecule has 0 aromatic carbocycles. The quantitative estimate of drug-likeness (QED) is 0.884. The van der Waals surface area contributed by atoms with Crippen LogP contribution in [0, 0.1) is 6.92 Å². The SMILES string of the molecule is CCN(Cc1ccccn1)Cc1nc(C)cc(N)n1. The van der Waals surface area contributed by atoms with Crippen LogP contribution in [-0.2, 0) is 13.1 Å². The van der Waals surface area contributed by atoms with E-state index in [9.17, 15) is 0 Å². The minimum Gasteiger partial charge on any atom is -0.384 e. The molecular weight excluding hydrogens is 238 g/mol. The van der Waals surface area contributed by atoms with Gasteiger partial charge in [-0.05, 0) is 25.6 Å². The molecule has 0 aliphatic carbocycles. The van der Waals surface area contributed by atoms with Crippen LogP contribution in [0.4, 0.5) is 5.82 Å². The summed E-state index contributed by atoms with van der Waals surface area (Å²) in [6.45, 7) is 6.42. The summed E-state index contributed by atoms with van der Waals surface area (Å²) in [5.41, 5.74) is 7.69. The van der Waals surface area contributed by atoms with Gasteiger partial charge >= 0.3 is 0 Å². The van der Waals surface area contributed by atoms with Gasteiger partial charge in [0.2, 0.25) is 0 Å². The maximum absolute atomic E-state index is 5.75. The molecule has 5 nitrogen and oxygen atoms in total. The van der Waals surface area contributed by atoms with E-state index in [0.717, 1.165) is 30.3 Å². The van der Waals surface area contributed by atoms with Crippen LogP contribution in [0.2, 0.25) is 0 Å². The zero-order chi connectivity index (χ0) is 13.7. The lowest BCUT2D eigenvalue weighted by Crippen LogP contribution is -2.24. The summed E-state index contributed by atoms with van der Waals surface area (Å²) in [4.78, 5) is 15.2. The van der Waals surface area contributed by atoms with Crippen molar-refractivity contribution in [3.05, 3.63) is 47.7 Å². The van der Waals surface area contributed by atoms with E-state index >= 15 is 0 Å². The van der Waals surface area contributed by atoms with Crippen LogP contribution in [0.25, 0.3) is 0 Å². The molecule has 0 unspecified atom stereocenters. The third kappa shape index (κ3) is 3.99. The second kappa shape index (κ2) is 6.24. The van der Waals surface area contributed by atoms with E-state index in [0.29, 0.717) is 12.4 Å². The molecule has 0 atom stereocenters. The Labute approximate surface area is 113 Å². The normalized spacial score (nSPS) is 10.9. The van der Waals surface area contributed by atoms with Crippen LogP contribution in [-0.4, -0.2) is 26.4 Å². The molecule has 19 heavy (non-hydrogen) atoms. The van der Waals surface area contributed by atoms with E-state index < -0.39 is 0 Å². The lowest BCUT2D eigenvalue weighted by Gasteiger charge is -2.19. The number of aryl methyl sites for hydroxylation is 1. The first kappa shape index (κ1) is 13.4. The smallest absolute Gasteiger partial charge is 0.144 e. The van der Waals surface area contributed by atoms with Crippen LogP contribution in [0.3, 0.4) is 0 Å². The fourth-order valence-corrected chi connectivity index (χ4v) is 1.93. The highest BCUT2D eigenvalue weighted by atomic mass is 15.1. The van der Waals surface area contributed by atoms with Crippen molar-refractivity contribution in [3.63, 3.8) is 0 Å². The molecule has 0 bridgehead atoms. The average Bonchev–Trinajstić information content (AvgIpc) is 2.38. The number of nitrogens with two attached hydrogens (primary N) is 1. The summed E-state index contributed by atoms with van der Waals surface area (Å²) in [6, 6.07) is 7.72. The van der Waals surface area contributed by atoms with Crippen molar-refractivity contribution in [2.75, 3.05) is 12.3 Å². The second-order valence-corrected chi connectivity index (χ2v) is 4.47. The summed E-state index contributed by atoms with van der Waals surface area (Å²) in [7, 11) is 0. The van der Waals surface area contributed by atoms with Gasteiger partial charge in [-0.3, -0.25) is 9.88 Å². The molecule has 0 amide bonds. The van der Waals surface area contributed by atoms with E-state index in [4.69, 9.17) is 5.73 Å². The summed E-state index contributed by atoms with van der Waals surface area (Å²) in [6.07, 6.45) is 1.81. The number of nitrogens with zero attached hydrogens (tertiary/aromatic N) is 4. The molecule has 2 aromatic rings. The van der Waals surface area contributed by atoms with Crippen molar-refractivity contribution in [2.45, 2.75) is 26.9 Å². The Morgan fingerprint density at radius 1 is 1.21 bits per heavy atom. The minimum atomic E-state index is 0.524. The molecule has 100 valence electrons. The fourth-order valence-electron chi connectivity index (χ4n) is 1.93. The predicted octanol–water partition coefficient (Wildman–Crippen LogP) is 1.78. The third-order valence-electron chi connectivity index (χ3n) is 2.84. The van der Waals surface area contributed by atoms with E-state index in [2.05, 4.69) is 26.8 Å². The second-order valence-electron chi connectivity index (χ2n) is 4.47. The predicted molar refractivity (Wildman–Crippen MR) is 75.2 cm³/mol. The fraction of sp³-hybridized carbons (Fsp3) is 0.357. The van der Waals surface area contributed by atoms with Crippen molar-refractivity contribution in [1.82, 2.24) is 19.9 Å². The highest BCUT2D eigenvalue weighted by Gasteiger charge is 2.08. The monoisotopic (exact) mass is 257 g/mol.